The molecule has 0 unspecified atom stereocenters. The number of hydrogen-bond acceptors (Lipinski definition) is 6. The van der Waals surface area contributed by atoms with Crippen molar-refractivity contribution >= 4 is 16.9 Å². The first-order valence-corrected chi connectivity index (χ1v) is 9.26. The van der Waals surface area contributed by atoms with Gasteiger partial charge < -0.3 is 19.1 Å². The van der Waals surface area contributed by atoms with Crippen LogP contribution in [-0.4, -0.2) is 53.6 Å². The Bertz CT molecular complexity index is 795. The lowest BCUT2D eigenvalue weighted by atomic mass is 9.98. The van der Waals surface area contributed by atoms with Gasteiger partial charge in [-0.1, -0.05) is 0 Å². The van der Waals surface area contributed by atoms with Crippen LogP contribution in [0, 0.1) is 5.92 Å². The minimum absolute atomic E-state index is 0.242. The highest BCUT2D eigenvalue weighted by molar-refractivity contribution is 5.87. The Morgan fingerprint density at radius 2 is 2.00 bits per heavy atom. The van der Waals surface area contributed by atoms with Crippen LogP contribution in [0.15, 0.2) is 24.4 Å². The molecule has 27 heavy (non-hydrogen) atoms. The highest BCUT2D eigenvalue weighted by atomic mass is 16.6. The minimum Gasteiger partial charge on any atom is -0.497 e. The zero-order valence-corrected chi connectivity index (χ0v) is 16.4. The molecule has 0 radical (unpaired) electrons. The monoisotopic (exact) mass is 373 g/mol. The van der Waals surface area contributed by atoms with E-state index in [0.717, 1.165) is 29.4 Å². The number of hydrogen-bond donors (Lipinski definition) is 0. The van der Waals surface area contributed by atoms with Gasteiger partial charge in [0.1, 0.15) is 11.4 Å². The summed E-state index contributed by atoms with van der Waals surface area (Å²) in [5.41, 5.74) is -0.467. The fraction of sp³-hybridized carbons (Fsp3) is 0.550. The number of likely N-dealkylation sites (tertiary alicyclic amines) is 1. The average Bonchev–Trinajstić information content (AvgIpc) is 2.65. The highest BCUT2D eigenvalue weighted by Gasteiger charge is 2.27. The van der Waals surface area contributed by atoms with Gasteiger partial charge in [-0.25, -0.2) is 4.79 Å². The summed E-state index contributed by atoms with van der Waals surface area (Å²) in [5, 5.41) is 10.00. The van der Waals surface area contributed by atoms with Crippen LogP contribution in [0.2, 0.25) is 0 Å². The van der Waals surface area contributed by atoms with Crippen molar-refractivity contribution in [3.63, 3.8) is 0 Å². The number of carbonyl (C=O) groups is 1. The van der Waals surface area contributed by atoms with Gasteiger partial charge in [0.15, 0.2) is 0 Å². The molecule has 0 bridgehead atoms. The lowest BCUT2D eigenvalue weighted by Gasteiger charge is -2.33. The number of piperidine rings is 1. The molecule has 146 valence electrons. The summed E-state index contributed by atoms with van der Waals surface area (Å²) < 4.78 is 16.7. The van der Waals surface area contributed by atoms with E-state index in [0.29, 0.717) is 31.5 Å². The molecular weight excluding hydrogens is 346 g/mol. The van der Waals surface area contributed by atoms with Crippen LogP contribution in [0.3, 0.4) is 0 Å². The molecule has 0 aliphatic carbocycles. The number of benzene rings is 1. The first-order valence-electron chi connectivity index (χ1n) is 9.26. The van der Waals surface area contributed by atoms with Crippen LogP contribution >= 0.6 is 0 Å². The van der Waals surface area contributed by atoms with E-state index in [1.54, 1.807) is 18.2 Å². The van der Waals surface area contributed by atoms with Gasteiger partial charge in [0.05, 0.1) is 25.3 Å². The van der Waals surface area contributed by atoms with Crippen molar-refractivity contribution in [1.82, 2.24) is 15.1 Å². The fourth-order valence-corrected chi connectivity index (χ4v) is 3.07. The van der Waals surface area contributed by atoms with Crippen LogP contribution in [0.4, 0.5) is 4.79 Å². The van der Waals surface area contributed by atoms with Crippen molar-refractivity contribution in [2.45, 2.75) is 39.2 Å². The number of rotatable bonds is 4. The molecule has 1 saturated heterocycles. The molecule has 3 rings (SSSR count). The Labute approximate surface area is 159 Å². The fourth-order valence-electron chi connectivity index (χ4n) is 3.07. The van der Waals surface area contributed by atoms with Crippen molar-refractivity contribution < 1.29 is 19.0 Å². The second-order valence-corrected chi connectivity index (χ2v) is 7.82. The molecule has 1 aromatic heterocycles. The van der Waals surface area contributed by atoms with Gasteiger partial charge in [0.2, 0.25) is 5.88 Å². The summed E-state index contributed by atoms with van der Waals surface area (Å²) >= 11 is 0. The number of fused-ring (bicyclic) bond motifs is 1. The number of carbonyl (C=O) groups excluding carboxylic acids is 1. The molecule has 0 N–H and O–H groups in total. The van der Waals surface area contributed by atoms with E-state index in [1.165, 1.54) is 0 Å². The van der Waals surface area contributed by atoms with E-state index in [4.69, 9.17) is 14.2 Å². The Morgan fingerprint density at radius 3 is 2.67 bits per heavy atom. The minimum atomic E-state index is -0.467. The lowest BCUT2D eigenvalue weighted by molar-refractivity contribution is 0.0164. The van der Waals surface area contributed by atoms with E-state index in [9.17, 15) is 4.79 Å². The largest absolute Gasteiger partial charge is 0.497 e. The third kappa shape index (κ3) is 4.99. The molecule has 1 amide bonds. The Morgan fingerprint density at radius 1 is 1.26 bits per heavy atom. The van der Waals surface area contributed by atoms with Gasteiger partial charge in [-0.05, 0) is 57.7 Å². The normalized spacial score (nSPS) is 15.6. The van der Waals surface area contributed by atoms with E-state index in [-0.39, 0.29) is 6.09 Å². The van der Waals surface area contributed by atoms with Crippen LogP contribution < -0.4 is 9.47 Å². The molecule has 0 atom stereocenters. The first kappa shape index (κ1) is 19.2. The maximum atomic E-state index is 12.1. The topological polar surface area (TPSA) is 73.8 Å². The summed E-state index contributed by atoms with van der Waals surface area (Å²) in [5.74, 6) is 1.64. The molecule has 7 nitrogen and oxygen atoms in total. The molecule has 1 aliphatic heterocycles. The number of ether oxygens (including phenoxy) is 3. The molecule has 7 heteroatoms. The summed E-state index contributed by atoms with van der Waals surface area (Å²) in [4.78, 5) is 13.9. The summed E-state index contributed by atoms with van der Waals surface area (Å²) in [6, 6.07) is 5.74. The smallest absolute Gasteiger partial charge is 0.410 e. The standard InChI is InChI=1S/C20H27N3O4/c1-20(2,3)27-19(24)23-9-7-14(8-10-23)13-26-18-17-11-16(25-4)6-5-15(17)12-21-22-18/h5-6,11-12,14H,7-10,13H2,1-4H3. The predicted octanol–water partition coefficient (Wildman–Crippen LogP) is 3.66. The van der Waals surface area contributed by atoms with Crippen LogP contribution in [0.1, 0.15) is 33.6 Å². The lowest BCUT2D eigenvalue weighted by Crippen LogP contribution is -2.42. The van der Waals surface area contributed by atoms with E-state index in [1.807, 2.05) is 39.0 Å². The second-order valence-electron chi connectivity index (χ2n) is 7.82. The zero-order valence-electron chi connectivity index (χ0n) is 16.4. The summed E-state index contributed by atoms with van der Waals surface area (Å²) in [6.45, 7) is 7.55. The molecular formula is C20H27N3O4. The third-order valence-electron chi connectivity index (χ3n) is 4.56. The van der Waals surface area contributed by atoms with Gasteiger partial charge in [0, 0.05) is 18.5 Å². The Kier molecular flexibility index (Phi) is 5.68. The molecule has 1 aromatic carbocycles. The maximum absolute atomic E-state index is 12.1. The second kappa shape index (κ2) is 7.98. The molecule has 0 saturated carbocycles. The quantitative estimate of drug-likeness (QED) is 0.814. The van der Waals surface area contributed by atoms with Crippen molar-refractivity contribution in [2.24, 2.45) is 5.92 Å². The first-order chi connectivity index (χ1) is 12.9. The van der Waals surface area contributed by atoms with Crippen molar-refractivity contribution in [3.8, 4) is 11.6 Å². The molecule has 1 fully saturated rings. The average molecular weight is 373 g/mol. The number of aromatic nitrogens is 2. The predicted molar refractivity (Wildman–Crippen MR) is 102 cm³/mol. The highest BCUT2D eigenvalue weighted by Crippen LogP contribution is 2.28. The van der Waals surface area contributed by atoms with Crippen molar-refractivity contribution in [2.75, 3.05) is 26.8 Å². The summed E-state index contributed by atoms with van der Waals surface area (Å²) in [7, 11) is 1.63. The van der Waals surface area contributed by atoms with Gasteiger partial charge in [0.25, 0.3) is 0 Å². The summed E-state index contributed by atoms with van der Waals surface area (Å²) in [6.07, 6.45) is 3.22. The Hall–Kier alpha value is -2.57. The van der Waals surface area contributed by atoms with Gasteiger partial charge >= 0.3 is 6.09 Å². The van der Waals surface area contributed by atoms with E-state index in [2.05, 4.69) is 10.2 Å². The Balaban J connectivity index is 1.56. The zero-order chi connectivity index (χ0) is 19.4. The van der Waals surface area contributed by atoms with Gasteiger partial charge in [-0.3, -0.25) is 0 Å². The molecule has 2 aromatic rings. The van der Waals surface area contributed by atoms with Crippen molar-refractivity contribution in [1.29, 1.82) is 0 Å². The number of methoxy groups -OCH3 is 1. The third-order valence-corrected chi connectivity index (χ3v) is 4.56. The van der Waals surface area contributed by atoms with Crippen LogP contribution in [0.25, 0.3) is 10.8 Å². The van der Waals surface area contributed by atoms with Gasteiger partial charge in [-0.15, -0.1) is 5.10 Å². The number of nitrogens with zero attached hydrogens (tertiary/aromatic N) is 3. The van der Waals surface area contributed by atoms with E-state index >= 15 is 0 Å². The SMILES string of the molecule is COc1ccc2cnnc(OCC3CCN(C(=O)OC(C)(C)C)CC3)c2c1. The molecule has 2 heterocycles. The molecule has 0 spiro atoms. The van der Waals surface area contributed by atoms with Crippen LogP contribution in [0.5, 0.6) is 11.6 Å². The van der Waals surface area contributed by atoms with Crippen LogP contribution in [-0.2, 0) is 4.74 Å². The van der Waals surface area contributed by atoms with Gasteiger partial charge in [-0.2, -0.15) is 5.10 Å². The molecule has 1 aliphatic rings. The maximum Gasteiger partial charge on any atom is 0.410 e. The number of amides is 1. The van der Waals surface area contributed by atoms with Crippen molar-refractivity contribution in [3.05, 3.63) is 24.4 Å². The van der Waals surface area contributed by atoms with E-state index < -0.39 is 5.60 Å².